The van der Waals surface area contributed by atoms with Crippen molar-refractivity contribution in [3.8, 4) is 11.1 Å². The normalized spacial score (nSPS) is 18.2. The van der Waals surface area contributed by atoms with Gasteiger partial charge in [0.25, 0.3) is 0 Å². The number of benzene rings is 2. The lowest BCUT2D eigenvalue weighted by molar-refractivity contribution is -0.143. The molecule has 2 aromatic carbocycles. The molecule has 0 aliphatic carbocycles. The van der Waals surface area contributed by atoms with E-state index < -0.39 is 52.6 Å². The van der Waals surface area contributed by atoms with Crippen molar-refractivity contribution in [2.45, 2.75) is 50.2 Å². The second kappa shape index (κ2) is 11.4. The fourth-order valence-corrected chi connectivity index (χ4v) is 5.11. The molecule has 1 amide bonds. The summed E-state index contributed by atoms with van der Waals surface area (Å²) in [4.78, 5) is 21.1. The number of rotatable bonds is 5. The zero-order valence-corrected chi connectivity index (χ0v) is 23.5. The molecule has 0 saturated carbocycles. The highest BCUT2D eigenvalue weighted by Gasteiger charge is 2.41. The molecule has 2 unspecified atom stereocenters. The van der Waals surface area contributed by atoms with Crippen LogP contribution in [0.2, 0.25) is 5.02 Å². The maximum Gasteiger partial charge on any atom is 0.416 e. The molecular formula is C29H28ClF6N3O3. The Bertz CT molecular complexity index is 1450. The summed E-state index contributed by atoms with van der Waals surface area (Å²) in [6, 6.07) is 9.45. The van der Waals surface area contributed by atoms with Gasteiger partial charge in [0, 0.05) is 36.3 Å². The largest absolute Gasteiger partial charge is 0.416 e. The predicted octanol–water partition coefficient (Wildman–Crippen LogP) is 6.31. The molecule has 4 rings (SSSR count). The van der Waals surface area contributed by atoms with Crippen molar-refractivity contribution in [1.82, 2.24) is 4.98 Å². The molecule has 42 heavy (non-hydrogen) atoms. The van der Waals surface area contributed by atoms with Crippen LogP contribution in [0.25, 0.3) is 11.1 Å². The first-order valence-corrected chi connectivity index (χ1v) is 13.2. The van der Waals surface area contributed by atoms with Gasteiger partial charge in [0.15, 0.2) is 0 Å². The Morgan fingerprint density at radius 3 is 2.05 bits per heavy atom. The maximum atomic E-state index is 13.9. The van der Waals surface area contributed by atoms with Gasteiger partial charge >= 0.3 is 12.4 Å². The van der Waals surface area contributed by atoms with Gasteiger partial charge in [0.05, 0.1) is 40.6 Å². The number of nitrogens with zero attached hydrogens (tertiary/aromatic N) is 3. The summed E-state index contributed by atoms with van der Waals surface area (Å²) in [6.07, 6.45) is -10.4. The van der Waals surface area contributed by atoms with Gasteiger partial charge in [0.2, 0.25) is 5.91 Å². The quantitative estimate of drug-likeness (QED) is 0.329. The zero-order valence-electron chi connectivity index (χ0n) is 22.8. The Labute approximate surface area is 243 Å². The van der Waals surface area contributed by atoms with Crippen molar-refractivity contribution in [3.05, 3.63) is 76.4 Å². The molecule has 1 aromatic heterocycles. The first kappa shape index (κ1) is 31.6. The number of alkyl halides is 6. The fraction of sp³-hybridized carbons (Fsp3) is 0.379. The van der Waals surface area contributed by atoms with Crippen LogP contribution >= 0.6 is 11.6 Å². The average Bonchev–Trinajstić information content (AvgIpc) is 2.92. The molecule has 1 saturated heterocycles. The summed E-state index contributed by atoms with van der Waals surface area (Å²) in [5, 5.41) is 20.4. The van der Waals surface area contributed by atoms with Crippen molar-refractivity contribution in [2.24, 2.45) is 0 Å². The number of hydrogen-bond acceptors (Lipinski definition) is 5. The number of pyridine rings is 1. The lowest BCUT2D eigenvalue weighted by Crippen LogP contribution is -2.47. The molecule has 13 heteroatoms. The molecule has 0 spiro atoms. The Balaban J connectivity index is 1.80. The fourth-order valence-electron chi connectivity index (χ4n) is 4.87. The van der Waals surface area contributed by atoms with E-state index >= 15 is 0 Å². The highest BCUT2D eigenvalue weighted by atomic mass is 35.5. The van der Waals surface area contributed by atoms with E-state index in [2.05, 4.69) is 4.98 Å². The first-order valence-electron chi connectivity index (χ1n) is 12.9. The van der Waals surface area contributed by atoms with Gasteiger partial charge in [-0.1, -0.05) is 29.8 Å². The molecule has 2 N–H and O–H groups in total. The minimum atomic E-state index is -5.07. The number of piperidine rings is 1. The second-order valence-electron chi connectivity index (χ2n) is 10.7. The molecule has 2 atom stereocenters. The molecule has 1 aliphatic heterocycles. The smallest absolute Gasteiger partial charge is 0.390 e. The van der Waals surface area contributed by atoms with Crippen LogP contribution in [0.5, 0.6) is 0 Å². The Kier molecular flexibility index (Phi) is 8.56. The monoisotopic (exact) mass is 615 g/mol. The average molecular weight is 616 g/mol. The number of carbonyl (C=O) groups is 1. The summed E-state index contributed by atoms with van der Waals surface area (Å²) >= 11 is 6.48. The lowest BCUT2D eigenvalue weighted by atomic mass is 9.81. The number of halogens is 7. The summed E-state index contributed by atoms with van der Waals surface area (Å²) in [5.41, 5.74) is -4.24. The van der Waals surface area contributed by atoms with E-state index in [1.165, 1.54) is 27.1 Å². The van der Waals surface area contributed by atoms with E-state index in [9.17, 15) is 41.4 Å². The summed E-state index contributed by atoms with van der Waals surface area (Å²) in [5.74, 6) is -0.387. The summed E-state index contributed by atoms with van der Waals surface area (Å²) in [6.45, 7) is 2.97. The molecule has 226 valence electrons. The SMILES string of the molecule is CN(C(=O)C(C)(C)c1cc(C(F)(F)F)cc(C(F)(F)F)c1)c1cnc(N2CCC(O)C(O)C2)cc1-c1ccccc1Cl. The number of aromatic nitrogens is 1. The van der Waals surface area contributed by atoms with Gasteiger partial charge < -0.3 is 20.0 Å². The number of carbonyl (C=O) groups excluding carboxylic acids is 1. The van der Waals surface area contributed by atoms with E-state index in [0.29, 0.717) is 40.6 Å². The van der Waals surface area contributed by atoms with Gasteiger partial charge in [-0.3, -0.25) is 4.79 Å². The third kappa shape index (κ3) is 6.35. The van der Waals surface area contributed by atoms with E-state index in [1.54, 1.807) is 35.2 Å². The van der Waals surface area contributed by atoms with E-state index in [0.717, 1.165) is 4.90 Å². The summed E-state index contributed by atoms with van der Waals surface area (Å²) in [7, 11) is 1.35. The number of likely N-dealkylation sites (N-methyl/N-ethyl adjacent to an activating group) is 1. The van der Waals surface area contributed by atoms with Gasteiger partial charge in [-0.2, -0.15) is 26.3 Å². The number of hydrogen-bond donors (Lipinski definition) is 2. The van der Waals surface area contributed by atoms with Gasteiger partial charge in [0.1, 0.15) is 5.82 Å². The standard InChI is InChI=1S/C29H28ClF6N3O3/c1-27(2,16-10-17(28(31,32)33)12-18(11-16)29(34,35)36)26(42)38(3)22-14-37-25(39-9-8-23(40)24(41)15-39)13-20(22)19-6-4-5-7-21(19)30/h4-7,10-14,23-24,40-41H,8-9,15H2,1-3H3. The Hall–Kier alpha value is -3.35. The van der Waals surface area contributed by atoms with Crippen molar-refractivity contribution >= 4 is 29.0 Å². The van der Waals surface area contributed by atoms with Crippen molar-refractivity contribution < 1.29 is 41.4 Å². The minimum absolute atomic E-state index is 0.0163. The third-order valence-electron chi connectivity index (χ3n) is 7.41. The summed E-state index contributed by atoms with van der Waals surface area (Å²) < 4.78 is 81.3. The van der Waals surface area contributed by atoms with Crippen molar-refractivity contribution in [3.63, 3.8) is 0 Å². The van der Waals surface area contributed by atoms with E-state index in [-0.39, 0.29) is 24.7 Å². The van der Waals surface area contributed by atoms with Gasteiger partial charge in [-0.05, 0) is 56.2 Å². The van der Waals surface area contributed by atoms with Crippen LogP contribution < -0.4 is 9.80 Å². The number of anilines is 2. The highest BCUT2D eigenvalue weighted by Crippen LogP contribution is 2.42. The van der Waals surface area contributed by atoms with Crippen LogP contribution in [0.1, 0.15) is 37.0 Å². The maximum absolute atomic E-state index is 13.9. The Morgan fingerprint density at radius 2 is 1.50 bits per heavy atom. The van der Waals surface area contributed by atoms with Crippen LogP contribution in [0, 0.1) is 0 Å². The molecular weight excluding hydrogens is 588 g/mol. The zero-order chi connectivity index (χ0) is 31.2. The predicted molar refractivity (Wildman–Crippen MR) is 146 cm³/mol. The number of aliphatic hydroxyl groups is 2. The van der Waals surface area contributed by atoms with Gasteiger partial charge in [-0.25, -0.2) is 4.98 Å². The van der Waals surface area contributed by atoms with Crippen LogP contribution in [0.4, 0.5) is 37.8 Å². The molecule has 1 aliphatic rings. The van der Waals surface area contributed by atoms with Crippen LogP contribution in [-0.2, 0) is 22.6 Å². The van der Waals surface area contributed by atoms with Crippen LogP contribution in [0.3, 0.4) is 0 Å². The molecule has 2 heterocycles. The topological polar surface area (TPSA) is 76.9 Å². The molecule has 0 radical (unpaired) electrons. The molecule has 0 bridgehead atoms. The lowest BCUT2D eigenvalue weighted by Gasteiger charge is -2.35. The van der Waals surface area contributed by atoms with E-state index in [1.807, 2.05) is 0 Å². The van der Waals surface area contributed by atoms with E-state index in [4.69, 9.17) is 11.6 Å². The number of aliphatic hydroxyl groups excluding tert-OH is 2. The third-order valence-corrected chi connectivity index (χ3v) is 7.74. The van der Waals surface area contributed by atoms with Crippen LogP contribution in [-0.4, -0.2) is 53.4 Å². The minimum Gasteiger partial charge on any atom is -0.390 e. The van der Waals surface area contributed by atoms with Crippen molar-refractivity contribution in [1.29, 1.82) is 0 Å². The molecule has 1 fully saturated rings. The first-order chi connectivity index (χ1) is 19.4. The molecule has 6 nitrogen and oxygen atoms in total. The molecule has 3 aromatic rings. The second-order valence-corrected chi connectivity index (χ2v) is 11.1. The highest BCUT2D eigenvalue weighted by molar-refractivity contribution is 6.33. The number of amides is 1. The van der Waals surface area contributed by atoms with Crippen molar-refractivity contribution in [2.75, 3.05) is 29.9 Å². The van der Waals surface area contributed by atoms with Crippen LogP contribution in [0.15, 0.2) is 54.7 Å². The Morgan fingerprint density at radius 1 is 0.929 bits per heavy atom. The number of β-amino-alcohol motifs (C(OH)–C–C–N with tert-alkyl or cyclic N) is 1. The van der Waals surface area contributed by atoms with Gasteiger partial charge in [-0.15, -0.1) is 0 Å².